The Labute approximate surface area is 129 Å². The Balaban J connectivity index is 2.04. The van der Waals surface area contributed by atoms with Crippen LogP contribution in [0, 0.1) is 13.8 Å². The molecule has 2 heterocycles. The maximum atomic E-state index is 9.15. The highest BCUT2D eigenvalue weighted by Crippen LogP contribution is 2.25. The van der Waals surface area contributed by atoms with Crippen LogP contribution in [-0.4, -0.2) is 41.2 Å². The summed E-state index contributed by atoms with van der Waals surface area (Å²) in [4.78, 5) is 0. The number of aliphatic hydroxyl groups is 1. The van der Waals surface area contributed by atoms with Gasteiger partial charge in [-0.3, -0.25) is 0 Å². The van der Waals surface area contributed by atoms with Gasteiger partial charge in [-0.1, -0.05) is 0 Å². The number of aliphatic hydroxyl groups excluding tert-OH is 1. The molecule has 0 aliphatic heterocycles. The minimum Gasteiger partial charge on any atom is -0.466 e. The fourth-order valence-electron chi connectivity index (χ4n) is 2.34. The first kappa shape index (κ1) is 16.7. The lowest BCUT2D eigenvalue weighted by Gasteiger charge is -2.28. The summed E-state index contributed by atoms with van der Waals surface area (Å²) in [6.45, 7) is 6.68. The minimum absolute atomic E-state index is 0.0788. The molecule has 0 saturated heterocycles. The number of nitrogens with zero attached hydrogens (tertiary/aromatic N) is 2. The molecular formula is C15H23N3O4. The Morgan fingerprint density at radius 3 is 2.68 bits per heavy atom. The molecule has 2 N–H and O–H groups in total. The molecule has 22 heavy (non-hydrogen) atoms. The highest BCUT2D eigenvalue weighted by molar-refractivity contribution is 5.55. The standard InChI is InChI=1S/C15H23N3O4/c1-10-7-12(11(2)21-10)14-18-17-13(22-14)8-16-15(3,5-6-19)9-20-4/h7,16,19H,5-6,8-9H2,1-4H3. The normalized spacial score (nSPS) is 14.2. The lowest BCUT2D eigenvalue weighted by Crippen LogP contribution is -2.46. The highest BCUT2D eigenvalue weighted by atomic mass is 16.5. The van der Waals surface area contributed by atoms with Crippen LogP contribution in [0.25, 0.3) is 11.5 Å². The van der Waals surface area contributed by atoms with Crippen LogP contribution in [0.3, 0.4) is 0 Å². The molecule has 0 saturated carbocycles. The summed E-state index contributed by atoms with van der Waals surface area (Å²) >= 11 is 0. The third-order valence-corrected chi connectivity index (χ3v) is 3.53. The summed E-state index contributed by atoms with van der Waals surface area (Å²) in [5, 5.41) is 20.5. The van der Waals surface area contributed by atoms with Crippen molar-refractivity contribution >= 4 is 0 Å². The average Bonchev–Trinajstić information content (AvgIpc) is 3.03. The molecule has 0 aliphatic carbocycles. The minimum atomic E-state index is -0.347. The van der Waals surface area contributed by atoms with Gasteiger partial charge in [0.15, 0.2) is 0 Å². The molecule has 0 fully saturated rings. The van der Waals surface area contributed by atoms with Gasteiger partial charge < -0.3 is 24.0 Å². The summed E-state index contributed by atoms with van der Waals surface area (Å²) in [6.07, 6.45) is 0.571. The van der Waals surface area contributed by atoms with E-state index in [4.69, 9.17) is 18.7 Å². The van der Waals surface area contributed by atoms with Gasteiger partial charge in [0.2, 0.25) is 5.89 Å². The van der Waals surface area contributed by atoms with Crippen LogP contribution >= 0.6 is 0 Å². The van der Waals surface area contributed by atoms with Crippen molar-refractivity contribution in [2.45, 2.75) is 39.3 Å². The van der Waals surface area contributed by atoms with E-state index < -0.39 is 0 Å². The molecule has 2 rings (SSSR count). The lowest BCUT2D eigenvalue weighted by atomic mass is 9.99. The predicted molar refractivity (Wildman–Crippen MR) is 80.3 cm³/mol. The summed E-state index contributed by atoms with van der Waals surface area (Å²) < 4.78 is 16.3. The zero-order chi connectivity index (χ0) is 16.2. The monoisotopic (exact) mass is 309 g/mol. The van der Waals surface area contributed by atoms with E-state index in [2.05, 4.69) is 15.5 Å². The van der Waals surface area contributed by atoms with Gasteiger partial charge in [0, 0.05) is 19.3 Å². The lowest BCUT2D eigenvalue weighted by molar-refractivity contribution is 0.0953. The summed E-state index contributed by atoms with van der Waals surface area (Å²) in [5.41, 5.74) is 0.464. The molecular weight excluding hydrogens is 286 g/mol. The quantitative estimate of drug-likeness (QED) is 0.768. The van der Waals surface area contributed by atoms with E-state index in [1.54, 1.807) is 7.11 Å². The van der Waals surface area contributed by atoms with Crippen molar-refractivity contribution in [2.75, 3.05) is 20.3 Å². The molecule has 0 aromatic carbocycles. The number of furan rings is 1. The number of ether oxygens (including phenoxy) is 1. The number of hydrogen-bond acceptors (Lipinski definition) is 7. The van der Waals surface area contributed by atoms with Crippen molar-refractivity contribution < 1.29 is 18.7 Å². The van der Waals surface area contributed by atoms with E-state index in [9.17, 15) is 0 Å². The molecule has 1 atom stereocenters. The predicted octanol–water partition coefficient (Wildman–Crippen LogP) is 1.82. The van der Waals surface area contributed by atoms with Crippen LogP contribution in [0.4, 0.5) is 0 Å². The third-order valence-electron chi connectivity index (χ3n) is 3.53. The van der Waals surface area contributed by atoms with E-state index in [0.717, 1.165) is 17.1 Å². The Morgan fingerprint density at radius 2 is 2.09 bits per heavy atom. The molecule has 1 unspecified atom stereocenters. The van der Waals surface area contributed by atoms with Gasteiger partial charge in [-0.2, -0.15) is 0 Å². The first-order valence-electron chi connectivity index (χ1n) is 7.22. The zero-order valence-corrected chi connectivity index (χ0v) is 13.5. The van der Waals surface area contributed by atoms with Gasteiger partial charge in [-0.25, -0.2) is 0 Å². The molecule has 0 amide bonds. The molecule has 0 bridgehead atoms. The van der Waals surface area contributed by atoms with Crippen molar-refractivity contribution in [1.29, 1.82) is 0 Å². The third kappa shape index (κ3) is 3.94. The molecule has 0 spiro atoms. The summed E-state index contributed by atoms with van der Waals surface area (Å²) in [5.74, 6) is 2.49. The van der Waals surface area contributed by atoms with Crippen LogP contribution in [0.15, 0.2) is 14.9 Å². The van der Waals surface area contributed by atoms with Crippen LogP contribution < -0.4 is 5.32 Å². The van der Waals surface area contributed by atoms with Crippen LogP contribution in [-0.2, 0) is 11.3 Å². The van der Waals surface area contributed by atoms with Crippen molar-refractivity contribution in [3.63, 3.8) is 0 Å². The van der Waals surface area contributed by atoms with Crippen LogP contribution in [0.1, 0.15) is 30.8 Å². The number of methoxy groups -OCH3 is 1. The molecule has 7 nitrogen and oxygen atoms in total. The molecule has 2 aromatic rings. The van der Waals surface area contributed by atoms with E-state index in [0.29, 0.717) is 31.4 Å². The topological polar surface area (TPSA) is 93.6 Å². The van der Waals surface area contributed by atoms with Gasteiger partial charge in [-0.05, 0) is 33.3 Å². The van der Waals surface area contributed by atoms with Crippen molar-refractivity contribution in [3.8, 4) is 11.5 Å². The Kier molecular flexibility index (Phi) is 5.33. The Morgan fingerprint density at radius 1 is 1.32 bits per heavy atom. The summed E-state index contributed by atoms with van der Waals surface area (Å²) in [7, 11) is 1.63. The van der Waals surface area contributed by atoms with E-state index in [-0.39, 0.29) is 12.1 Å². The zero-order valence-electron chi connectivity index (χ0n) is 13.5. The fourth-order valence-corrected chi connectivity index (χ4v) is 2.34. The van der Waals surface area contributed by atoms with Crippen molar-refractivity contribution in [1.82, 2.24) is 15.5 Å². The van der Waals surface area contributed by atoms with Gasteiger partial charge in [-0.15, -0.1) is 10.2 Å². The Hall–Kier alpha value is -1.70. The largest absolute Gasteiger partial charge is 0.466 e. The number of rotatable bonds is 8. The SMILES string of the molecule is COCC(C)(CCO)NCc1nnc(-c2cc(C)oc2C)o1. The van der Waals surface area contributed by atoms with E-state index >= 15 is 0 Å². The van der Waals surface area contributed by atoms with Gasteiger partial charge in [0.1, 0.15) is 11.5 Å². The number of aromatic nitrogens is 2. The molecule has 122 valence electrons. The molecule has 7 heteroatoms. The molecule has 0 radical (unpaired) electrons. The Bertz CT molecular complexity index is 600. The molecule has 0 aliphatic rings. The van der Waals surface area contributed by atoms with Crippen LogP contribution in [0.5, 0.6) is 0 Å². The van der Waals surface area contributed by atoms with Gasteiger partial charge in [0.25, 0.3) is 5.89 Å². The number of nitrogens with one attached hydrogen (secondary N) is 1. The van der Waals surface area contributed by atoms with Gasteiger partial charge in [0.05, 0.1) is 18.7 Å². The smallest absolute Gasteiger partial charge is 0.251 e. The van der Waals surface area contributed by atoms with E-state index in [1.807, 2.05) is 26.8 Å². The van der Waals surface area contributed by atoms with Crippen LogP contribution in [0.2, 0.25) is 0 Å². The second kappa shape index (κ2) is 7.04. The second-order valence-electron chi connectivity index (χ2n) is 5.65. The first-order valence-corrected chi connectivity index (χ1v) is 7.22. The maximum absolute atomic E-state index is 9.15. The molecule has 2 aromatic heterocycles. The van der Waals surface area contributed by atoms with Crippen molar-refractivity contribution in [3.05, 3.63) is 23.5 Å². The fraction of sp³-hybridized carbons (Fsp3) is 0.600. The maximum Gasteiger partial charge on any atom is 0.251 e. The van der Waals surface area contributed by atoms with E-state index in [1.165, 1.54) is 0 Å². The number of aryl methyl sites for hydroxylation is 2. The summed E-state index contributed by atoms with van der Waals surface area (Å²) in [6, 6.07) is 1.88. The highest BCUT2D eigenvalue weighted by Gasteiger charge is 2.24. The average molecular weight is 309 g/mol. The first-order chi connectivity index (χ1) is 10.5. The van der Waals surface area contributed by atoms with Crippen molar-refractivity contribution in [2.24, 2.45) is 0 Å². The van der Waals surface area contributed by atoms with Gasteiger partial charge >= 0.3 is 0 Å². The number of hydrogen-bond donors (Lipinski definition) is 2. The second-order valence-corrected chi connectivity index (χ2v) is 5.65.